The number of allylic oxidation sites excluding steroid dienone is 1. The molecule has 0 heterocycles. The maximum atomic E-state index is 3.78. The second-order valence-corrected chi connectivity index (χ2v) is 5.78. The molecule has 0 aliphatic rings. The van der Waals surface area contributed by atoms with Gasteiger partial charge in [-0.2, -0.15) is 0 Å². The van der Waals surface area contributed by atoms with E-state index in [0.717, 1.165) is 25.1 Å². The lowest BCUT2D eigenvalue weighted by atomic mass is 10.2. The third kappa shape index (κ3) is 5.75. The molecule has 3 heteroatoms. The van der Waals surface area contributed by atoms with Gasteiger partial charge in [0, 0.05) is 21.2 Å². The van der Waals surface area contributed by atoms with Crippen LogP contribution in [0.5, 0.6) is 0 Å². The molecule has 0 saturated heterocycles. The molecular weight excluding hydrogens is 294 g/mol. The van der Waals surface area contributed by atoms with Crippen LogP contribution < -0.4 is 5.32 Å². The molecule has 0 spiro atoms. The summed E-state index contributed by atoms with van der Waals surface area (Å²) in [5.74, 6) is 1.10. The molecule has 0 amide bonds. The van der Waals surface area contributed by atoms with Crippen molar-refractivity contribution in [1.29, 1.82) is 0 Å². The summed E-state index contributed by atoms with van der Waals surface area (Å²) >= 11 is 5.48. The topological polar surface area (TPSA) is 12.0 Å². The average Bonchev–Trinajstić information content (AvgIpc) is 2.34. The Morgan fingerprint density at radius 2 is 2.24 bits per heavy atom. The summed E-state index contributed by atoms with van der Waals surface area (Å²) in [6, 6.07) is 8.95. The van der Waals surface area contributed by atoms with E-state index in [4.69, 9.17) is 0 Å². The first-order valence-electron chi connectivity index (χ1n) is 5.99. The van der Waals surface area contributed by atoms with Gasteiger partial charge in [-0.3, -0.25) is 0 Å². The maximum Gasteiger partial charge on any atom is 0.0311 e. The fourth-order valence-electron chi connectivity index (χ4n) is 1.60. The molecule has 94 valence electrons. The number of hydrogen-bond acceptors (Lipinski definition) is 2. The second kappa shape index (κ2) is 8.78. The molecule has 1 unspecified atom stereocenters. The van der Waals surface area contributed by atoms with Gasteiger partial charge in [0.1, 0.15) is 0 Å². The van der Waals surface area contributed by atoms with E-state index in [9.17, 15) is 0 Å². The van der Waals surface area contributed by atoms with Crippen LogP contribution in [0.2, 0.25) is 0 Å². The zero-order valence-corrected chi connectivity index (χ0v) is 12.7. The lowest BCUT2D eigenvalue weighted by Gasteiger charge is -2.17. The van der Waals surface area contributed by atoms with Gasteiger partial charge in [0.05, 0.1) is 0 Å². The summed E-state index contributed by atoms with van der Waals surface area (Å²) in [6.45, 7) is 6.97. The van der Waals surface area contributed by atoms with Crippen molar-refractivity contribution in [3.05, 3.63) is 41.4 Å². The van der Waals surface area contributed by atoms with E-state index in [-0.39, 0.29) is 0 Å². The average molecular weight is 314 g/mol. The van der Waals surface area contributed by atoms with Gasteiger partial charge in [0.25, 0.3) is 0 Å². The number of thioether (sulfide) groups is 1. The molecule has 1 aromatic carbocycles. The predicted octanol–water partition coefficient (Wildman–Crippen LogP) is 4.49. The number of halogens is 1. The normalized spacial score (nSPS) is 12.4. The van der Waals surface area contributed by atoms with Crippen molar-refractivity contribution < 1.29 is 0 Å². The minimum atomic E-state index is 0.565. The Hall–Kier alpha value is -0.250. The van der Waals surface area contributed by atoms with Gasteiger partial charge in [0.2, 0.25) is 0 Å². The monoisotopic (exact) mass is 313 g/mol. The largest absolute Gasteiger partial charge is 0.313 e. The Kier molecular flexibility index (Phi) is 7.65. The van der Waals surface area contributed by atoms with E-state index in [1.54, 1.807) is 0 Å². The molecule has 1 rings (SSSR count). The van der Waals surface area contributed by atoms with Crippen LogP contribution in [0.3, 0.4) is 0 Å². The van der Waals surface area contributed by atoms with Gasteiger partial charge in [-0.05, 0) is 47.4 Å². The standard InChI is InChI=1S/C14H20BrNS/c1-3-5-8-12(16-4-2)11-17-14-10-7-6-9-13(14)15/h3,6-7,9-10,12,16H,1,4-5,8,11H2,2H3. The molecule has 0 aromatic heterocycles. The van der Waals surface area contributed by atoms with Crippen LogP contribution in [0.4, 0.5) is 0 Å². The van der Waals surface area contributed by atoms with Crippen molar-refractivity contribution >= 4 is 27.7 Å². The van der Waals surface area contributed by atoms with Crippen LogP contribution in [0, 0.1) is 0 Å². The molecule has 1 atom stereocenters. The molecule has 0 fully saturated rings. The van der Waals surface area contributed by atoms with Crippen molar-refractivity contribution in [2.75, 3.05) is 12.3 Å². The molecule has 1 N–H and O–H groups in total. The molecule has 1 aromatic rings. The summed E-state index contributed by atoms with van der Waals surface area (Å²) in [7, 11) is 0. The molecule has 0 radical (unpaired) electrons. The molecule has 17 heavy (non-hydrogen) atoms. The number of hydrogen-bond donors (Lipinski definition) is 1. The third-order valence-electron chi connectivity index (χ3n) is 2.49. The molecule has 0 aliphatic carbocycles. The Balaban J connectivity index is 2.45. The predicted molar refractivity (Wildman–Crippen MR) is 81.8 cm³/mol. The summed E-state index contributed by atoms with van der Waals surface area (Å²) < 4.78 is 1.18. The Morgan fingerprint density at radius 1 is 1.47 bits per heavy atom. The number of benzene rings is 1. The third-order valence-corrected chi connectivity index (χ3v) is 4.68. The van der Waals surface area contributed by atoms with Crippen molar-refractivity contribution in [1.82, 2.24) is 5.32 Å². The summed E-state index contributed by atoms with van der Waals surface area (Å²) in [5.41, 5.74) is 0. The van der Waals surface area contributed by atoms with Gasteiger partial charge >= 0.3 is 0 Å². The number of nitrogens with one attached hydrogen (secondary N) is 1. The second-order valence-electron chi connectivity index (χ2n) is 3.86. The maximum absolute atomic E-state index is 3.78. The first kappa shape index (κ1) is 14.8. The molecule has 0 saturated carbocycles. The lowest BCUT2D eigenvalue weighted by molar-refractivity contribution is 0.542. The quantitative estimate of drug-likeness (QED) is 0.560. The highest BCUT2D eigenvalue weighted by Gasteiger charge is 2.08. The molecule has 0 bridgehead atoms. The van der Waals surface area contributed by atoms with E-state index in [0.29, 0.717) is 6.04 Å². The highest BCUT2D eigenvalue weighted by atomic mass is 79.9. The zero-order chi connectivity index (χ0) is 12.5. The highest BCUT2D eigenvalue weighted by Crippen LogP contribution is 2.27. The van der Waals surface area contributed by atoms with Gasteiger partial charge in [-0.25, -0.2) is 0 Å². The van der Waals surface area contributed by atoms with E-state index in [1.807, 2.05) is 23.9 Å². The van der Waals surface area contributed by atoms with Crippen molar-refractivity contribution in [2.45, 2.75) is 30.7 Å². The molecular formula is C14H20BrNS. The fraction of sp³-hybridized carbons (Fsp3) is 0.429. The van der Waals surface area contributed by atoms with Crippen LogP contribution in [-0.4, -0.2) is 18.3 Å². The van der Waals surface area contributed by atoms with E-state index < -0.39 is 0 Å². The van der Waals surface area contributed by atoms with E-state index in [1.165, 1.54) is 9.37 Å². The minimum Gasteiger partial charge on any atom is -0.313 e. The zero-order valence-electron chi connectivity index (χ0n) is 10.3. The van der Waals surface area contributed by atoms with Crippen LogP contribution in [0.25, 0.3) is 0 Å². The van der Waals surface area contributed by atoms with Gasteiger partial charge in [0.15, 0.2) is 0 Å². The minimum absolute atomic E-state index is 0.565. The summed E-state index contributed by atoms with van der Waals surface area (Å²) in [5, 5.41) is 3.52. The number of rotatable bonds is 8. The van der Waals surface area contributed by atoms with Crippen LogP contribution >= 0.6 is 27.7 Å². The lowest BCUT2D eigenvalue weighted by Crippen LogP contribution is -2.30. The molecule has 1 nitrogen and oxygen atoms in total. The van der Waals surface area contributed by atoms with Crippen LogP contribution in [0.1, 0.15) is 19.8 Å². The first-order chi connectivity index (χ1) is 8.27. The van der Waals surface area contributed by atoms with Crippen LogP contribution in [0.15, 0.2) is 46.3 Å². The van der Waals surface area contributed by atoms with Crippen molar-refractivity contribution in [2.24, 2.45) is 0 Å². The fourth-order valence-corrected chi connectivity index (χ4v) is 3.28. The smallest absolute Gasteiger partial charge is 0.0311 e. The van der Waals surface area contributed by atoms with Gasteiger partial charge < -0.3 is 5.32 Å². The van der Waals surface area contributed by atoms with Gasteiger partial charge in [-0.15, -0.1) is 18.3 Å². The summed E-state index contributed by atoms with van der Waals surface area (Å²) in [6.07, 6.45) is 4.23. The van der Waals surface area contributed by atoms with E-state index in [2.05, 4.69) is 52.9 Å². The SMILES string of the molecule is C=CCCC(CSc1ccccc1Br)NCC. The van der Waals surface area contributed by atoms with Crippen molar-refractivity contribution in [3.63, 3.8) is 0 Å². The Morgan fingerprint density at radius 3 is 2.88 bits per heavy atom. The Bertz CT molecular complexity index is 341. The highest BCUT2D eigenvalue weighted by molar-refractivity contribution is 9.10. The van der Waals surface area contributed by atoms with E-state index >= 15 is 0 Å². The van der Waals surface area contributed by atoms with Crippen LogP contribution in [-0.2, 0) is 0 Å². The van der Waals surface area contributed by atoms with Gasteiger partial charge in [-0.1, -0.05) is 25.1 Å². The Labute approximate surface area is 117 Å². The first-order valence-corrected chi connectivity index (χ1v) is 7.77. The molecule has 0 aliphatic heterocycles. The van der Waals surface area contributed by atoms with Crippen molar-refractivity contribution in [3.8, 4) is 0 Å². The summed E-state index contributed by atoms with van der Waals surface area (Å²) in [4.78, 5) is 1.31.